The van der Waals surface area contributed by atoms with Gasteiger partial charge in [-0.15, -0.1) is 24.0 Å². The Morgan fingerprint density at radius 3 is 2.70 bits per heavy atom. The van der Waals surface area contributed by atoms with Gasteiger partial charge in [0, 0.05) is 25.2 Å². The van der Waals surface area contributed by atoms with E-state index in [1.807, 2.05) is 12.1 Å². The molecule has 1 rings (SSSR count). The minimum absolute atomic E-state index is 0. The largest absolute Gasteiger partial charge is 0.366 e. The lowest BCUT2D eigenvalue weighted by molar-refractivity contribution is 0.1000. The molecular weight excluding hydrogens is 367 g/mol. The van der Waals surface area contributed by atoms with Crippen LogP contribution < -0.4 is 16.4 Å². The highest BCUT2D eigenvalue weighted by atomic mass is 127. The zero-order valence-electron chi connectivity index (χ0n) is 12.1. The van der Waals surface area contributed by atoms with Crippen LogP contribution in [0.4, 0.5) is 0 Å². The Balaban J connectivity index is 0.00000361. The second-order valence-corrected chi connectivity index (χ2v) is 4.44. The van der Waals surface area contributed by atoms with Gasteiger partial charge in [-0.2, -0.15) is 0 Å². The van der Waals surface area contributed by atoms with Crippen LogP contribution in [-0.2, 0) is 6.54 Å². The van der Waals surface area contributed by atoms with Crippen molar-refractivity contribution in [2.75, 3.05) is 7.05 Å². The average Bonchev–Trinajstić information content (AvgIpc) is 2.43. The molecule has 1 aromatic carbocycles. The molecule has 0 aliphatic heterocycles. The minimum Gasteiger partial charge on any atom is -0.366 e. The van der Waals surface area contributed by atoms with E-state index >= 15 is 0 Å². The number of benzene rings is 1. The summed E-state index contributed by atoms with van der Waals surface area (Å²) in [6, 6.07) is 7.62. The van der Waals surface area contributed by atoms with Crippen LogP contribution in [0.15, 0.2) is 29.3 Å². The molecule has 0 aliphatic carbocycles. The fraction of sp³-hybridized carbons (Fsp3) is 0.429. The zero-order valence-corrected chi connectivity index (χ0v) is 14.5. The van der Waals surface area contributed by atoms with Crippen molar-refractivity contribution in [1.82, 2.24) is 10.6 Å². The van der Waals surface area contributed by atoms with Gasteiger partial charge >= 0.3 is 0 Å². The Morgan fingerprint density at radius 1 is 1.45 bits per heavy atom. The van der Waals surface area contributed by atoms with Gasteiger partial charge in [0.1, 0.15) is 0 Å². The van der Waals surface area contributed by atoms with Crippen molar-refractivity contribution >= 4 is 35.8 Å². The van der Waals surface area contributed by atoms with E-state index in [0.717, 1.165) is 17.9 Å². The van der Waals surface area contributed by atoms with Gasteiger partial charge in [0.2, 0.25) is 5.91 Å². The van der Waals surface area contributed by atoms with Crippen LogP contribution in [0.5, 0.6) is 0 Å². The van der Waals surface area contributed by atoms with Crippen LogP contribution in [0, 0.1) is 0 Å². The van der Waals surface area contributed by atoms with Crippen LogP contribution >= 0.6 is 24.0 Å². The number of guanidine groups is 1. The van der Waals surface area contributed by atoms with Gasteiger partial charge in [0.15, 0.2) is 5.96 Å². The lowest BCUT2D eigenvalue weighted by Gasteiger charge is -2.16. The van der Waals surface area contributed by atoms with Crippen LogP contribution in [0.1, 0.15) is 36.2 Å². The van der Waals surface area contributed by atoms with Crippen molar-refractivity contribution in [1.29, 1.82) is 0 Å². The Bertz CT molecular complexity index is 462. The minimum atomic E-state index is -0.413. The molecule has 0 saturated heterocycles. The van der Waals surface area contributed by atoms with Gasteiger partial charge in [0.05, 0.1) is 0 Å². The molecule has 0 bridgehead atoms. The number of nitrogens with one attached hydrogen (secondary N) is 2. The predicted octanol–water partition coefficient (Wildman–Crippen LogP) is 1.87. The Labute approximate surface area is 137 Å². The highest BCUT2D eigenvalue weighted by molar-refractivity contribution is 14.0. The zero-order chi connectivity index (χ0) is 14.3. The van der Waals surface area contributed by atoms with Crippen molar-refractivity contribution in [2.24, 2.45) is 10.7 Å². The molecule has 0 heterocycles. The number of hydrogen-bond acceptors (Lipinski definition) is 2. The standard InChI is InChI=1S/C14H22N4O.HI/c1-4-10(2)18-14(16-3)17-9-11-6-5-7-12(8-11)13(15)19;/h5-8,10H,4,9H2,1-3H3,(H2,15,19)(H2,16,17,18);1H. The number of hydrogen-bond donors (Lipinski definition) is 3. The summed E-state index contributed by atoms with van der Waals surface area (Å²) in [5.74, 6) is 0.336. The van der Waals surface area contributed by atoms with E-state index in [-0.39, 0.29) is 24.0 Å². The number of primary amides is 1. The third kappa shape index (κ3) is 6.23. The average molecular weight is 390 g/mol. The number of amides is 1. The highest BCUT2D eigenvalue weighted by Crippen LogP contribution is 2.04. The predicted molar refractivity (Wildman–Crippen MR) is 93.5 cm³/mol. The van der Waals surface area contributed by atoms with E-state index in [1.54, 1.807) is 19.2 Å². The highest BCUT2D eigenvalue weighted by Gasteiger charge is 2.04. The monoisotopic (exact) mass is 390 g/mol. The SMILES string of the molecule is CCC(C)NC(=NC)NCc1cccc(C(N)=O)c1.I. The van der Waals surface area contributed by atoms with E-state index in [9.17, 15) is 4.79 Å². The molecule has 0 fully saturated rings. The smallest absolute Gasteiger partial charge is 0.248 e. The number of carbonyl (C=O) groups is 1. The molecule has 1 amide bonds. The second kappa shape index (κ2) is 9.57. The van der Waals surface area contributed by atoms with E-state index in [2.05, 4.69) is 29.5 Å². The Morgan fingerprint density at radius 2 is 2.15 bits per heavy atom. The lowest BCUT2D eigenvalue weighted by Crippen LogP contribution is -2.41. The summed E-state index contributed by atoms with van der Waals surface area (Å²) in [6.07, 6.45) is 1.03. The number of halogens is 1. The summed E-state index contributed by atoms with van der Waals surface area (Å²) in [5.41, 5.74) is 6.76. The maximum atomic E-state index is 11.1. The summed E-state index contributed by atoms with van der Waals surface area (Å²) in [5, 5.41) is 6.48. The van der Waals surface area contributed by atoms with Crippen molar-refractivity contribution < 1.29 is 4.79 Å². The number of rotatable bonds is 5. The molecule has 4 N–H and O–H groups in total. The summed E-state index contributed by atoms with van der Waals surface area (Å²) < 4.78 is 0. The lowest BCUT2D eigenvalue weighted by atomic mass is 10.1. The van der Waals surface area contributed by atoms with Gasteiger partial charge in [-0.05, 0) is 31.0 Å². The van der Waals surface area contributed by atoms with E-state index < -0.39 is 5.91 Å². The molecule has 0 aliphatic rings. The van der Waals surface area contributed by atoms with E-state index in [1.165, 1.54) is 0 Å². The van der Waals surface area contributed by atoms with E-state index in [4.69, 9.17) is 5.73 Å². The molecule has 112 valence electrons. The Kier molecular flexibility index (Phi) is 8.94. The quantitative estimate of drug-likeness (QED) is 0.408. The molecule has 0 aromatic heterocycles. The molecular formula is C14H23IN4O. The van der Waals surface area contributed by atoms with Gasteiger partial charge in [-0.1, -0.05) is 19.1 Å². The normalized spacial score (nSPS) is 12.2. The summed E-state index contributed by atoms with van der Waals surface area (Å²) >= 11 is 0. The maximum Gasteiger partial charge on any atom is 0.248 e. The second-order valence-electron chi connectivity index (χ2n) is 4.44. The number of aliphatic imine (C=N–C) groups is 1. The molecule has 0 spiro atoms. The summed E-state index contributed by atoms with van der Waals surface area (Å²) in [6.45, 7) is 4.80. The van der Waals surface area contributed by atoms with Crippen molar-refractivity contribution in [2.45, 2.75) is 32.9 Å². The molecule has 0 radical (unpaired) electrons. The first-order valence-electron chi connectivity index (χ1n) is 6.42. The molecule has 5 nitrogen and oxygen atoms in total. The number of nitrogens with two attached hydrogens (primary N) is 1. The van der Waals surface area contributed by atoms with Gasteiger partial charge in [0.25, 0.3) is 0 Å². The molecule has 0 saturated carbocycles. The first-order valence-corrected chi connectivity index (χ1v) is 6.42. The molecule has 6 heteroatoms. The summed E-state index contributed by atoms with van der Waals surface area (Å²) in [4.78, 5) is 15.2. The van der Waals surface area contributed by atoms with Gasteiger partial charge < -0.3 is 16.4 Å². The first kappa shape index (κ1) is 18.7. The molecule has 1 aromatic rings. The topological polar surface area (TPSA) is 79.5 Å². The van der Waals surface area contributed by atoms with Gasteiger partial charge in [-0.3, -0.25) is 9.79 Å². The third-order valence-corrected chi connectivity index (χ3v) is 2.89. The molecule has 20 heavy (non-hydrogen) atoms. The van der Waals surface area contributed by atoms with E-state index in [0.29, 0.717) is 18.2 Å². The van der Waals surface area contributed by atoms with Crippen molar-refractivity contribution in [3.8, 4) is 0 Å². The molecule has 1 atom stereocenters. The summed E-state index contributed by atoms with van der Waals surface area (Å²) in [7, 11) is 1.73. The third-order valence-electron chi connectivity index (χ3n) is 2.89. The van der Waals surface area contributed by atoms with Crippen LogP contribution in [0.25, 0.3) is 0 Å². The first-order chi connectivity index (χ1) is 9.06. The number of carbonyl (C=O) groups excluding carboxylic acids is 1. The fourth-order valence-electron chi connectivity index (χ4n) is 1.55. The maximum absolute atomic E-state index is 11.1. The van der Waals surface area contributed by atoms with Crippen LogP contribution in [0.2, 0.25) is 0 Å². The van der Waals surface area contributed by atoms with Crippen molar-refractivity contribution in [3.05, 3.63) is 35.4 Å². The fourth-order valence-corrected chi connectivity index (χ4v) is 1.55. The van der Waals surface area contributed by atoms with Gasteiger partial charge in [-0.25, -0.2) is 0 Å². The van der Waals surface area contributed by atoms with Crippen LogP contribution in [-0.4, -0.2) is 25.0 Å². The number of nitrogens with zero attached hydrogens (tertiary/aromatic N) is 1. The van der Waals surface area contributed by atoms with Crippen molar-refractivity contribution in [3.63, 3.8) is 0 Å². The van der Waals surface area contributed by atoms with Crippen LogP contribution in [0.3, 0.4) is 0 Å². The molecule has 1 unspecified atom stereocenters. The Hall–Kier alpha value is -1.31.